The topological polar surface area (TPSA) is 85.6 Å². The Labute approximate surface area is 171 Å². The quantitative estimate of drug-likeness (QED) is 0.520. The van der Waals surface area contributed by atoms with Crippen LogP contribution < -0.4 is 5.32 Å². The van der Waals surface area contributed by atoms with Gasteiger partial charge in [0.25, 0.3) is 5.91 Å². The van der Waals surface area contributed by atoms with Crippen LogP contribution in [0.3, 0.4) is 0 Å². The Kier molecular flexibility index (Phi) is 4.55. The van der Waals surface area contributed by atoms with Gasteiger partial charge in [-0.15, -0.1) is 11.3 Å². The van der Waals surface area contributed by atoms with Gasteiger partial charge in [-0.3, -0.25) is 10.1 Å². The number of aromatic nitrogens is 5. The molecule has 1 amide bonds. The van der Waals surface area contributed by atoms with Crippen molar-refractivity contribution in [3.05, 3.63) is 58.5 Å². The molecule has 4 aromatic rings. The normalized spacial score (nSPS) is 13.8. The number of pyridine rings is 2. The molecule has 0 bridgehead atoms. The van der Waals surface area contributed by atoms with Gasteiger partial charge in [-0.2, -0.15) is 9.78 Å². The summed E-state index contributed by atoms with van der Waals surface area (Å²) in [6.07, 6.45) is 8.98. The number of nitrogens with one attached hydrogen (secondary N) is 1. The van der Waals surface area contributed by atoms with Crippen LogP contribution in [0.25, 0.3) is 16.9 Å². The second-order valence-corrected chi connectivity index (χ2v) is 8.27. The van der Waals surface area contributed by atoms with Gasteiger partial charge in [0.15, 0.2) is 16.6 Å². The fraction of sp³-hybridized carbons (Fsp3) is 0.286. The largest absolute Gasteiger partial charge is 0.298 e. The summed E-state index contributed by atoms with van der Waals surface area (Å²) in [5.74, 6) is 0.493. The van der Waals surface area contributed by atoms with Crippen LogP contribution in [0.2, 0.25) is 0 Å². The van der Waals surface area contributed by atoms with Crippen molar-refractivity contribution in [2.45, 2.75) is 39.0 Å². The fourth-order valence-electron chi connectivity index (χ4n) is 3.66. The molecule has 7 nitrogen and oxygen atoms in total. The number of thiazole rings is 1. The smallest absolute Gasteiger partial charge is 0.259 e. The predicted molar refractivity (Wildman–Crippen MR) is 113 cm³/mol. The number of amides is 1. The Morgan fingerprint density at radius 3 is 2.93 bits per heavy atom. The van der Waals surface area contributed by atoms with Crippen LogP contribution in [-0.2, 0) is 12.8 Å². The number of hydrogen-bond donors (Lipinski definition) is 1. The summed E-state index contributed by atoms with van der Waals surface area (Å²) in [7, 11) is 0. The zero-order chi connectivity index (χ0) is 19.8. The third-order valence-corrected chi connectivity index (χ3v) is 6.22. The summed E-state index contributed by atoms with van der Waals surface area (Å²) >= 11 is 1.59. The Balaban J connectivity index is 1.43. The van der Waals surface area contributed by atoms with E-state index in [2.05, 4.69) is 25.4 Å². The second kappa shape index (κ2) is 7.36. The number of fused-ring (bicyclic) bond motifs is 2. The molecule has 0 aliphatic heterocycles. The molecule has 0 saturated heterocycles. The van der Waals surface area contributed by atoms with E-state index in [0.717, 1.165) is 29.6 Å². The minimum absolute atomic E-state index is 0.201. The number of aryl methyl sites for hydroxylation is 3. The molecule has 1 aliphatic carbocycles. The molecule has 0 atom stereocenters. The highest BCUT2D eigenvalue weighted by molar-refractivity contribution is 7.15. The van der Waals surface area contributed by atoms with E-state index >= 15 is 0 Å². The van der Waals surface area contributed by atoms with Crippen LogP contribution in [0.1, 0.15) is 45.9 Å². The molecule has 4 heterocycles. The van der Waals surface area contributed by atoms with Gasteiger partial charge in [-0.05, 0) is 50.8 Å². The van der Waals surface area contributed by atoms with Crippen molar-refractivity contribution >= 4 is 33.4 Å². The molecule has 8 heteroatoms. The summed E-state index contributed by atoms with van der Waals surface area (Å²) in [6, 6.07) is 7.47. The standard InChI is InChI=1S/C21H20N6OS/c1-13-15-11-14(12-23-19(15)27(26-13)18-9-5-6-10-22-18)20(28)25-21-24-16-7-3-2-4-8-17(16)29-21/h5-6,9-12H,2-4,7-8H2,1H3,(H,24,25,28). The zero-order valence-corrected chi connectivity index (χ0v) is 16.9. The van der Waals surface area contributed by atoms with E-state index < -0.39 is 0 Å². The van der Waals surface area contributed by atoms with Gasteiger partial charge in [0.2, 0.25) is 0 Å². The van der Waals surface area contributed by atoms with Crippen LogP contribution in [0, 0.1) is 6.92 Å². The van der Waals surface area contributed by atoms with Crippen molar-refractivity contribution in [2.75, 3.05) is 5.32 Å². The highest BCUT2D eigenvalue weighted by Gasteiger charge is 2.18. The second-order valence-electron chi connectivity index (χ2n) is 7.18. The number of hydrogen-bond acceptors (Lipinski definition) is 6. The van der Waals surface area contributed by atoms with Crippen molar-refractivity contribution in [2.24, 2.45) is 0 Å². The zero-order valence-electron chi connectivity index (χ0n) is 16.1. The molecule has 29 heavy (non-hydrogen) atoms. The fourth-order valence-corrected chi connectivity index (χ4v) is 4.70. The van der Waals surface area contributed by atoms with Crippen molar-refractivity contribution in [3.63, 3.8) is 0 Å². The first kappa shape index (κ1) is 17.9. The van der Waals surface area contributed by atoms with E-state index in [1.54, 1.807) is 28.4 Å². The SMILES string of the molecule is Cc1nn(-c2ccccn2)c2ncc(C(=O)Nc3nc4c(s3)CCCCC4)cc12. The lowest BCUT2D eigenvalue weighted by molar-refractivity contribution is 0.102. The van der Waals surface area contributed by atoms with Crippen LogP contribution in [0.5, 0.6) is 0 Å². The summed E-state index contributed by atoms with van der Waals surface area (Å²) in [5.41, 5.74) is 3.11. The Bertz CT molecular complexity index is 1170. The maximum atomic E-state index is 12.8. The number of rotatable bonds is 3. The Hall–Kier alpha value is -3.13. The maximum Gasteiger partial charge on any atom is 0.259 e. The molecule has 0 saturated carbocycles. The molecular formula is C21H20N6OS. The summed E-state index contributed by atoms with van der Waals surface area (Å²) in [6.45, 7) is 1.91. The minimum Gasteiger partial charge on any atom is -0.298 e. The molecular weight excluding hydrogens is 384 g/mol. The van der Waals surface area contributed by atoms with Gasteiger partial charge < -0.3 is 0 Å². The van der Waals surface area contributed by atoms with Crippen molar-refractivity contribution < 1.29 is 4.79 Å². The highest BCUT2D eigenvalue weighted by atomic mass is 32.1. The number of carbonyl (C=O) groups is 1. The van der Waals surface area contributed by atoms with Crippen LogP contribution in [-0.4, -0.2) is 30.6 Å². The lowest BCUT2D eigenvalue weighted by Crippen LogP contribution is -2.12. The van der Waals surface area contributed by atoms with E-state index in [-0.39, 0.29) is 5.91 Å². The first-order valence-electron chi connectivity index (χ1n) is 9.76. The van der Waals surface area contributed by atoms with Gasteiger partial charge in [-0.25, -0.2) is 15.0 Å². The van der Waals surface area contributed by atoms with Crippen molar-refractivity contribution in [1.82, 2.24) is 24.7 Å². The van der Waals surface area contributed by atoms with Gasteiger partial charge in [0.05, 0.1) is 17.0 Å². The number of carbonyl (C=O) groups excluding carboxylic acids is 1. The van der Waals surface area contributed by atoms with Crippen LogP contribution in [0.15, 0.2) is 36.7 Å². The molecule has 1 aliphatic rings. The van der Waals surface area contributed by atoms with Crippen LogP contribution >= 0.6 is 11.3 Å². The Morgan fingerprint density at radius 1 is 1.17 bits per heavy atom. The summed E-state index contributed by atoms with van der Waals surface area (Å²) < 4.78 is 1.70. The molecule has 5 rings (SSSR count). The third kappa shape index (κ3) is 3.40. The van der Waals surface area contributed by atoms with E-state index in [9.17, 15) is 4.79 Å². The molecule has 4 aromatic heterocycles. The van der Waals surface area contributed by atoms with Crippen molar-refractivity contribution in [3.8, 4) is 5.82 Å². The minimum atomic E-state index is -0.201. The molecule has 0 aromatic carbocycles. The lowest BCUT2D eigenvalue weighted by Gasteiger charge is -2.03. The molecule has 0 unspecified atom stereocenters. The molecule has 146 valence electrons. The first-order chi connectivity index (χ1) is 14.2. The molecule has 0 spiro atoms. The van der Waals surface area contributed by atoms with E-state index in [1.165, 1.54) is 24.1 Å². The molecule has 0 fully saturated rings. The summed E-state index contributed by atoms with van der Waals surface area (Å²) in [5, 5.41) is 9.00. The van der Waals surface area contributed by atoms with Crippen LogP contribution in [0.4, 0.5) is 5.13 Å². The first-order valence-corrected chi connectivity index (χ1v) is 10.6. The van der Waals surface area contributed by atoms with E-state index in [1.807, 2.05) is 31.2 Å². The van der Waals surface area contributed by atoms with Gasteiger partial charge >= 0.3 is 0 Å². The van der Waals surface area contributed by atoms with Gasteiger partial charge in [0, 0.05) is 22.7 Å². The molecule has 1 N–H and O–H groups in total. The Morgan fingerprint density at radius 2 is 2.07 bits per heavy atom. The third-order valence-electron chi connectivity index (χ3n) is 5.15. The van der Waals surface area contributed by atoms with Gasteiger partial charge in [-0.1, -0.05) is 12.5 Å². The van der Waals surface area contributed by atoms with Crippen molar-refractivity contribution in [1.29, 1.82) is 0 Å². The summed E-state index contributed by atoms with van der Waals surface area (Å²) in [4.78, 5) is 27.6. The average Bonchev–Trinajstić information content (AvgIpc) is 3.20. The number of nitrogens with zero attached hydrogens (tertiary/aromatic N) is 5. The van der Waals surface area contributed by atoms with Gasteiger partial charge in [0.1, 0.15) is 0 Å². The van der Waals surface area contributed by atoms with E-state index in [4.69, 9.17) is 0 Å². The highest BCUT2D eigenvalue weighted by Crippen LogP contribution is 2.29. The van der Waals surface area contributed by atoms with E-state index in [0.29, 0.717) is 22.2 Å². The predicted octanol–water partition coefficient (Wildman–Crippen LogP) is 4.10. The molecule has 0 radical (unpaired) electrons. The monoisotopic (exact) mass is 404 g/mol. The maximum absolute atomic E-state index is 12.8. The number of anilines is 1. The lowest BCUT2D eigenvalue weighted by atomic mass is 10.2. The average molecular weight is 404 g/mol.